The topological polar surface area (TPSA) is 54.9 Å². The van der Waals surface area contributed by atoms with E-state index in [4.69, 9.17) is 0 Å². The van der Waals surface area contributed by atoms with Crippen molar-refractivity contribution < 1.29 is 4.79 Å². The molecule has 3 aromatic rings. The van der Waals surface area contributed by atoms with E-state index in [0.29, 0.717) is 10.8 Å². The van der Waals surface area contributed by atoms with Crippen molar-refractivity contribution in [3.05, 3.63) is 64.8 Å². The molecule has 22 heavy (non-hydrogen) atoms. The molecule has 3 rings (SSSR count). The Labute approximate surface area is 132 Å². The smallest absolute Gasteiger partial charge is 0.276 e. The highest BCUT2D eigenvalue weighted by atomic mass is 32.1. The van der Waals surface area contributed by atoms with Gasteiger partial charge in [-0.05, 0) is 43.2 Å². The van der Waals surface area contributed by atoms with Crippen LogP contribution < -0.4 is 5.32 Å². The van der Waals surface area contributed by atoms with Gasteiger partial charge in [0.15, 0.2) is 5.13 Å². The Morgan fingerprint density at radius 2 is 2.00 bits per heavy atom. The van der Waals surface area contributed by atoms with Crippen LogP contribution in [-0.4, -0.2) is 15.9 Å². The van der Waals surface area contributed by atoms with Gasteiger partial charge in [0.2, 0.25) is 0 Å². The lowest BCUT2D eigenvalue weighted by molar-refractivity contribution is 0.102. The molecule has 1 aromatic carbocycles. The third-order valence-electron chi connectivity index (χ3n) is 3.42. The number of benzene rings is 1. The average Bonchev–Trinajstić information content (AvgIpc) is 2.99. The van der Waals surface area contributed by atoms with Gasteiger partial charge in [-0.1, -0.05) is 18.2 Å². The number of aryl methyl sites for hydroxylation is 2. The molecule has 2 aromatic heterocycles. The second-order valence-corrected chi connectivity index (χ2v) is 5.86. The molecule has 1 amide bonds. The van der Waals surface area contributed by atoms with Crippen molar-refractivity contribution in [1.29, 1.82) is 0 Å². The van der Waals surface area contributed by atoms with Crippen molar-refractivity contribution in [2.45, 2.75) is 13.8 Å². The maximum absolute atomic E-state index is 12.1. The van der Waals surface area contributed by atoms with Crippen molar-refractivity contribution in [3.63, 3.8) is 0 Å². The highest BCUT2D eigenvalue weighted by molar-refractivity contribution is 7.14. The predicted octanol–water partition coefficient (Wildman–Crippen LogP) is 4.07. The van der Waals surface area contributed by atoms with E-state index < -0.39 is 0 Å². The van der Waals surface area contributed by atoms with E-state index in [1.807, 2.05) is 11.4 Å². The Morgan fingerprint density at radius 1 is 1.14 bits per heavy atom. The number of anilines is 1. The SMILES string of the molecule is Cc1ccc(-c2csc(NC(=O)c3ccccn3)n2)cc1C. The monoisotopic (exact) mass is 309 g/mol. The minimum atomic E-state index is -0.249. The van der Waals surface area contributed by atoms with E-state index in [2.05, 4.69) is 41.3 Å². The fraction of sp³-hybridized carbons (Fsp3) is 0.118. The lowest BCUT2D eigenvalue weighted by atomic mass is 10.1. The Morgan fingerprint density at radius 3 is 2.73 bits per heavy atom. The number of nitrogens with zero attached hydrogens (tertiary/aromatic N) is 2. The summed E-state index contributed by atoms with van der Waals surface area (Å²) in [5.41, 5.74) is 4.78. The Hall–Kier alpha value is -2.53. The Balaban J connectivity index is 1.79. The number of rotatable bonds is 3. The molecule has 0 aliphatic rings. The van der Waals surface area contributed by atoms with E-state index >= 15 is 0 Å². The van der Waals surface area contributed by atoms with Crippen LogP contribution in [0.15, 0.2) is 48.0 Å². The van der Waals surface area contributed by atoms with Crippen LogP contribution in [0, 0.1) is 13.8 Å². The lowest BCUT2D eigenvalue weighted by Crippen LogP contribution is -2.13. The van der Waals surface area contributed by atoms with Crippen molar-refractivity contribution in [1.82, 2.24) is 9.97 Å². The number of hydrogen-bond acceptors (Lipinski definition) is 4. The summed E-state index contributed by atoms with van der Waals surface area (Å²) in [6.07, 6.45) is 1.59. The maximum Gasteiger partial charge on any atom is 0.276 e. The van der Waals surface area contributed by atoms with Gasteiger partial charge in [0, 0.05) is 17.1 Å². The van der Waals surface area contributed by atoms with Gasteiger partial charge in [-0.25, -0.2) is 4.98 Å². The van der Waals surface area contributed by atoms with Gasteiger partial charge in [0.05, 0.1) is 5.69 Å². The van der Waals surface area contributed by atoms with E-state index in [0.717, 1.165) is 11.3 Å². The van der Waals surface area contributed by atoms with Crippen LogP contribution in [0.4, 0.5) is 5.13 Å². The minimum absolute atomic E-state index is 0.249. The molecule has 5 heteroatoms. The Bertz CT molecular complexity index is 812. The molecule has 4 nitrogen and oxygen atoms in total. The molecule has 1 N–H and O–H groups in total. The molecule has 0 unspecified atom stereocenters. The third kappa shape index (κ3) is 3.04. The number of carbonyl (C=O) groups excluding carboxylic acids is 1. The molecule has 0 fully saturated rings. The van der Waals surface area contributed by atoms with E-state index in [9.17, 15) is 4.79 Å². The molecule has 0 atom stereocenters. The predicted molar refractivity (Wildman–Crippen MR) is 89.2 cm³/mol. The summed E-state index contributed by atoms with van der Waals surface area (Å²) in [7, 11) is 0. The average molecular weight is 309 g/mol. The molecule has 2 heterocycles. The van der Waals surface area contributed by atoms with E-state index in [1.165, 1.54) is 22.5 Å². The van der Waals surface area contributed by atoms with Crippen molar-refractivity contribution in [3.8, 4) is 11.3 Å². The molecule has 110 valence electrons. The van der Waals surface area contributed by atoms with Crippen LogP contribution in [0.3, 0.4) is 0 Å². The third-order valence-corrected chi connectivity index (χ3v) is 4.18. The van der Waals surface area contributed by atoms with Crippen LogP contribution in [0.25, 0.3) is 11.3 Å². The highest BCUT2D eigenvalue weighted by Crippen LogP contribution is 2.26. The first kappa shape index (κ1) is 14.4. The van der Waals surface area contributed by atoms with Crippen LogP contribution in [-0.2, 0) is 0 Å². The van der Waals surface area contributed by atoms with Gasteiger partial charge >= 0.3 is 0 Å². The van der Waals surface area contributed by atoms with Crippen molar-refractivity contribution >= 4 is 22.4 Å². The van der Waals surface area contributed by atoms with Gasteiger partial charge < -0.3 is 0 Å². The zero-order valence-corrected chi connectivity index (χ0v) is 13.1. The largest absolute Gasteiger partial charge is 0.296 e. The zero-order valence-electron chi connectivity index (χ0n) is 12.3. The highest BCUT2D eigenvalue weighted by Gasteiger charge is 2.10. The van der Waals surface area contributed by atoms with Crippen molar-refractivity contribution in [2.75, 3.05) is 5.32 Å². The first-order valence-electron chi connectivity index (χ1n) is 6.89. The van der Waals surface area contributed by atoms with Crippen molar-refractivity contribution in [2.24, 2.45) is 0 Å². The molecule has 0 bridgehead atoms. The number of aromatic nitrogens is 2. The standard InChI is InChI=1S/C17H15N3OS/c1-11-6-7-13(9-12(11)2)15-10-22-17(19-15)20-16(21)14-5-3-4-8-18-14/h3-10H,1-2H3,(H,19,20,21). The molecule has 0 spiro atoms. The van der Waals surface area contributed by atoms with Crippen LogP contribution in [0.2, 0.25) is 0 Å². The van der Waals surface area contributed by atoms with Gasteiger partial charge in [-0.15, -0.1) is 11.3 Å². The molecule has 0 aliphatic heterocycles. The molecule has 0 aliphatic carbocycles. The number of pyridine rings is 1. The summed E-state index contributed by atoms with van der Waals surface area (Å²) >= 11 is 1.41. The maximum atomic E-state index is 12.1. The summed E-state index contributed by atoms with van der Waals surface area (Å²) < 4.78 is 0. The number of nitrogens with one attached hydrogen (secondary N) is 1. The van der Waals surface area contributed by atoms with Crippen LogP contribution in [0.5, 0.6) is 0 Å². The van der Waals surface area contributed by atoms with Gasteiger partial charge in [0.1, 0.15) is 5.69 Å². The quantitative estimate of drug-likeness (QED) is 0.793. The first-order valence-corrected chi connectivity index (χ1v) is 7.77. The summed E-state index contributed by atoms with van der Waals surface area (Å²) in [5.74, 6) is -0.249. The van der Waals surface area contributed by atoms with Gasteiger partial charge in [-0.2, -0.15) is 0 Å². The number of amides is 1. The lowest BCUT2D eigenvalue weighted by Gasteiger charge is -2.02. The van der Waals surface area contributed by atoms with Gasteiger partial charge in [0.25, 0.3) is 5.91 Å². The normalized spacial score (nSPS) is 10.5. The van der Waals surface area contributed by atoms with Crippen LogP contribution in [0.1, 0.15) is 21.6 Å². The molecule has 0 saturated heterocycles. The second kappa shape index (κ2) is 6.07. The summed E-state index contributed by atoms with van der Waals surface area (Å²) in [6.45, 7) is 4.16. The summed E-state index contributed by atoms with van der Waals surface area (Å²) in [4.78, 5) is 20.6. The number of thiazole rings is 1. The first-order chi connectivity index (χ1) is 10.6. The summed E-state index contributed by atoms with van der Waals surface area (Å²) in [6, 6.07) is 11.5. The fourth-order valence-electron chi connectivity index (χ4n) is 2.02. The van der Waals surface area contributed by atoms with E-state index in [1.54, 1.807) is 24.4 Å². The van der Waals surface area contributed by atoms with E-state index in [-0.39, 0.29) is 5.91 Å². The fourth-order valence-corrected chi connectivity index (χ4v) is 2.74. The zero-order chi connectivity index (χ0) is 15.5. The minimum Gasteiger partial charge on any atom is -0.296 e. The van der Waals surface area contributed by atoms with Crippen LogP contribution >= 0.6 is 11.3 Å². The second-order valence-electron chi connectivity index (χ2n) is 5.01. The summed E-state index contributed by atoms with van der Waals surface area (Å²) in [5, 5.41) is 5.30. The molecule has 0 saturated carbocycles. The number of carbonyl (C=O) groups is 1. The molecular weight excluding hydrogens is 294 g/mol. The number of hydrogen-bond donors (Lipinski definition) is 1. The molecule has 0 radical (unpaired) electrons. The van der Waals surface area contributed by atoms with Gasteiger partial charge in [-0.3, -0.25) is 15.1 Å². The Kier molecular flexibility index (Phi) is 3.98. The molecular formula is C17H15N3OS.